The third kappa shape index (κ3) is 3.32. The quantitative estimate of drug-likeness (QED) is 0.842. The fourth-order valence-electron chi connectivity index (χ4n) is 3.21. The van der Waals surface area contributed by atoms with Crippen LogP contribution in [0.25, 0.3) is 0 Å². The van der Waals surface area contributed by atoms with Gasteiger partial charge in [-0.15, -0.1) is 0 Å². The van der Waals surface area contributed by atoms with E-state index in [1.165, 1.54) is 31.2 Å². The normalized spacial score (nSPS) is 28.6. The average molecular weight is 231 g/mol. The minimum Gasteiger partial charge on any atom is -0.325 e. The molecule has 1 aromatic carbocycles. The Morgan fingerprint density at radius 3 is 2.59 bits per heavy atom. The summed E-state index contributed by atoms with van der Waals surface area (Å²) in [6, 6.07) is 10.7. The van der Waals surface area contributed by atoms with Crippen LogP contribution in [0.4, 0.5) is 0 Å². The van der Waals surface area contributed by atoms with Crippen LogP contribution in [0.5, 0.6) is 0 Å². The van der Waals surface area contributed by atoms with Gasteiger partial charge >= 0.3 is 0 Å². The fraction of sp³-hybridized carbons (Fsp3) is 0.625. The van der Waals surface area contributed by atoms with E-state index in [1.54, 1.807) is 0 Å². The van der Waals surface area contributed by atoms with Crippen LogP contribution in [0.2, 0.25) is 0 Å². The lowest BCUT2D eigenvalue weighted by Crippen LogP contribution is -2.47. The molecule has 1 aromatic rings. The monoisotopic (exact) mass is 231 g/mol. The lowest BCUT2D eigenvalue weighted by Gasteiger charge is -2.39. The molecule has 1 heteroatoms. The number of nitrogens with two attached hydrogens (primary N) is 1. The van der Waals surface area contributed by atoms with Crippen molar-refractivity contribution in [2.24, 2.45) is 17.6 Å². The van der Waals surface area contributed by atoms with Crippen molar-refractivity contribution in [3.63, 3.8) is 0 Å². The van der Waals surface area contributed by atoms with E-state index < -0.39 is 0 Å². The molecule has 94 valence electrons. The van der Waals surface area contributed by atoms with Crippen molar-refractivity contribution >= 4 is 0 Å². The van der Waals surface area contributed by atoms with E-state index in [1.807, 2.05) is 0 Å². The minimum atomic E-state index is -0.0456. The summed E-state index contributed by atoms with van der Waals surface area (Å²) in [5, 5.41) is 0. The second-order valence-electron chi connectivity index (χ2n) is 6.14. The smallest absolute Gasteiger partial charge is 0.0195 e. The summed E-state index contributed by atoms with van der Waals surface area (Å²) in [5.41, 5.74) is 7.91. The van der Waals surface area contributed by atoms with Gasteiger partial charge in [0.05, 0.1) is 0 Å². The molecule has 1 fully saturated rings. The van der Waals surface area contributed by atoms with Gasteiger partial charge in [0.25, 0.3) is 0 Å². The Labute approximate surface area is 105 Å². The Morgan fingerprint density at radius 1 is 1.24 bits per heavy atom. The van der Waals surface area contributed by atoms with Gasteiger partial charge in [0.2, 0.25) is 0 Å². The molecule has 0 saturated heterocycles. The minimum absolute atomic E-state index is 0.0456. The van der Waals surface area contributed by atoms with Crippen molar-refractivity contribution in [1.82, 2.24) is 0 Å². The summed E-state index contributed by atoms with van der Waals surface area (Å²) in [7, 11) is 0. The van der Waals surface area contributed by atoms with E-state index in [2.05, 4.69) is 44.2 Å². The van der Waals surface area contributed by atoms with Gasteiger partial charge in [-0.25, -0.2) is 0 Å². The van der Waals surface area contributed by atoms with Crippen LogP contribution < -0.4 is 5.73 Å². The SMILES string of the molecule is CC1CCCC(C(C)(N)Cc2ccccc2)C1. The van der Waals surface area contributed by atoms with Crippen molar-refractivity contribution in [2.45, 2.75) is 51.5 Å². The van der Waals surface area contributed by atoms with Gasteiger partial charge in [-0.1, -0.05) is 50.1 Å². The Morgan fingerprint density at radius 2 is 1.94 bits per heavy atom. The standard InChI is InChI=1S/C16H25N/c1-13-7-6-10-15(11-13)16(2,17)12-14-8-4-3-5-9-14/h3-5,8-9,13,15H,6-7,10-12,17H2,1-2H3. The maximum Gasteiger partial charge on any atom is 0.0195 e. The van der Waals surface area contributed by atoms with Gasteiger partial charge in [0.1, 0.15) is 0 Å². The number of benzene rings is 1. The van der Waals surface area contributed by atoms with Crippen molar-refractivity contribution < 1.29 is 0 Å². The van der Waals surface area contributed by atoms with E-state index >= 15 is 0 Å². The second-order valence-corrected chi connectivity index (χ2v) is 6.14. The van der Waals surface area contributed by atoms with Crippen LogP contribution in [0.3, 0.4) is 0 Å². The van der Waals surface area contributed by atoms with Crippen LogP contribution in [0.1, 0.15) is 45.1 Å². The van der Waals surface area contributed by atoms with Crippen molar-refractivity contribution in [2.75, 3.05) is 0 Å². The van der Waals surface area contributed by atoms with Crippen molar-refractivity contribution in [1.29, 1.82) is 0 Å². The highest BCUT2D eigenvalue weighted by molar-refractivity contribution is 5.18. The highest BCUT2D eigenvalue weighted by Crippen LogP contribution is 2.36. The molecule has 0 aliphatic heterocycles. The first kappa shape index (κ1) is 12.6. The second kappa shape index (κ2) is 5.22. The zero-order valence-electron chi connectivity index (χ0n) is 11.2. The molecule has 0 bridgehead atoms. The molecule has 1 nitrogen and oxygen atoms in total. The highest BCUT2D eigenvalue weighted by atomic mass is 14.7. The van der Waals surface area contributed by atoms with E-state index in [4.69, 9.17) is 5.73 Å². The molecule has 0 radical (unpaired) electrons. The van der Waals surface area contributed by atoms with Gasteiger partial charge in [0, 0.05) is 5.54 Å². The molecule has 0 spiro atoms. The molecule has 2 N–H and O–H groups in total. The van der Waals surface area contributed by atoms with Gasteiger partial charge in [-0.2, -0.15) is 0 Å². The number of hydrogen-bond acceptors (Lipinski definition) is 1. The molecule has 3 atom stereocenters. The van der Waals surface area contributed by atoms with Crippen molar-refractivity contribution in [3.05, 3.63) is 35.9 Å². The summed E-state index contributed by atoms with van der Waals surface area (Å²) in [6.45, 7) is 4.60. The van der Waals surface area contributed by atoms with Crippen molar-refractivity contribution in [3.8, 4) is 0 Å². The van der Waals surface area contributed by atoms with Crippen LogP contribution in [-0.2, 0) is 6.42 Å². The third-order valence-corrected chi connectivity index (χ3v) is 4.30. The summed E-state index contributed by atoms with van der Waals surface area (Å²) < 4.78 is 0. The van der Waals surface area contributed by atoms with Crippen LogP contribution in [0.15, 0.2) is 30.3 Å². The largest absolute Gasteiger partial charge is 0.325 e. The summed E-state index contributed by atoms with van der Waals surface area (Å²) in [6.07, 6.45) is 6.36. The number of rotatable bonds is 3. The first-order valence-corrected chi connectivity index (χ1v) is 6.91. The van der Waals surface area contributed by atoms with Gasteiger partial charge in [-0.3, -0.25) is 0 Å². The molecular formula is C16H25N. The highest BCUT2D eigenvalue weighted by Gasteiger charge is 2.33. The molecule has 2 rings (SSSR count). The summed E-state index contributed by atoms with van der Waals surface area (Å²) >= 11 is 0. The molecule has 1 saturated carbocycles. The van der Waals surface area contributed by atoms with E-state index in [0.717, 1.165) is 12.3 Å². The van der Waals surface area contributed by atoms with Gasteiger partial charge < -0.3 is 5.73 Å². The Hall–Kier alpha value is -0.820. The Bertz CT molecular complexity index is 342. The molecule has 0 aromatic heterocycles. The molecular weight excluding hydrogens is 206 g/mol. The summed E-state index contributed by atoms with van der Waals surface area (Å²) in [4.78, 5) is 0. The first-order chi connectivity index (χ1) is 8.08. The predicted molar refractivity (Wildman–Crippen MR) is 73.9 cm³/mol. The fourth-order valence-corrected chi connectivity index (χ4v) is 3.21. The first-order valence-electron chi connectivity index (χ1n) is 6.91. The molecule has 1 aliphatic carbocycles. The average Bonchev–Trinajstić information content (AvgIpc) is 2.30. The molecule has 0 amide bonds. The molecule has 1 aliphatic rings. The number of hydrogen-bond donors (Lipinski definition) is 1. The maximum atomic E-state index is 6.59. The van der Waals surface area contributed by atoms with Crippen LogP contribution in [0, 0.1) is 11.8 Å². The van der Waals surface area contributed by atoms with Crippen LogP contribution >= 0.6 is 0 Å². The zero-order valence-corrected chi connectivity index (χ0v) is 11.2. The molecule has 3 unspecified atom stereocenters. The maximum absolute atomic E-state index is 6.59. The van der Waals surface area contributed by atoms with E-state index in [9.17, 15) is 0 Å². The predicted octanol–water partition coefficient (Wildman–Crippen LogP) is 3.77. The van der Waals surface area contributed by atoms with Crippen LogP contribution in [-0.4, -0.2) is 5.54 Å². The lowest BCUT2D eigenvalue weighted by atomic mass is 9.70. The lowest BCUT2D eigenvalue weighted by molar-refractivity contribution is 0.183. The Kier molecular flexibility index (Phi) is 3.88. The third-order valence-electron chi connectivity index (χ3n) is 4.30. The summed E-state index contributed by atoms with van der Waals surface area (Å²) in [5.74, 6) is 1.54. The van der Waals surface area contributed by atoms with E-state index in [0.29, 0.717) is 5.92 Å². The topological polar surface area (TPSA) is 26.0 Å². The van der Waals surface area contributed by atoms with E-state index in [-0.39, 0.29) is 5.54 Å². The zero-order chi connectivity index (χ0) is 12.3. The van der Waals surface area contributed by atoms with Gasteiger partial charge in [0.15, 0.2) is 0 Å². The Balaban J connectivity index is 2.02. The molecule has 0 heterocycles. The van der Waals surface area contributed by atoms with Gasteiger partial charge in [-0.05, 0) is 43.6 Å². The molecule has 17 heavy (non-hydrogen) atoms.